The minimum absolute atomic E-state index is 0.230. The summed E-state index contributed by atoms with van der Waals surface area (Å²) in [4.78, 5) is 11.4. The van der Waals surface area contributed by atoms with Crippen LogP contribution in [0.3, 0.4) is 0 Å². The quantitative estimate of drug-likeness (QED) is 0.589. The number of rotatable bonds is 1. The van der Waals surface area contributed by atoms with Gasteiger partial charge in [0.2, 0.25) is 0 Å². The van der Waals surface area contributed by atoms with E-state index in [9.17, 15) is 4.79 Å². The van der Waals surface area contributed by atoms with Crippen molar-refractivity contribution in [2.24, 2.45) is 5.73 Å². The van der Waals surface area contributed by atoms with Crippen LogP contribution in [-0.2, 0) is 9.53 Å². The van der Waals surface area contributed by atoms with Crippen LogP contribution in [0.1, 0.15) is 11.1 Å². The molecule has 18 heavy (non-hydrogen) atoms. The Labute approximate surface area is 105 Å². The summed E-state index contributed by atoms with van der Waals surface area (Å²) >= 11 is 0. The van der Waals surface area contributed by atoms with Gasteiger partial charge in [0, 0.05) is 11.1 Å². The van der Waals surface area contributed by atoms with Gasteiger partial charge in [-0.2, -0.15) is 0 Å². The van der Waals surface area contributed by atoms with Gasteiger partial charge in [-0.3, -0.25) is 0 Å². The molecule has 0 spiro atoms. The van der Waals surface area contributed by atoms with Gasteiger partial charge in [-0.15, -0.1) is 0 Å². The van der Waals surface area contributed by atoms with E-state index in [2.05, 4.69) is 16.6 Å². The zero-order valence-electron chi connectivity index (χ0n) is 10.0. The molecular weight excluding hydrogens is 230 g/mol. The molecule has 1 aliphatic rings. The lowest BCUT2D eigenvalue weighted by molar-refractivity contribution is -0.136. The van der Waals surface area contributed by atoms with Crippen molar-refractivity contribution in [1.82, 2.24) is 0 Å². The molecule has 0 bridgehead atoms. The molecular formula is C14H13NO3. The van der Waals surface area contributed by atoms with Gasteiger partial charge in [-0.05, 0) is 24.3 Å². The van der Waals surface area contributed by atoms with Crippen molar-refractivity contribution in [2.75, 3.05) is 20.3 Å². The minimum atomic E-state index is -0.376. The Morgan fingerprint density at radius 2 is 2.39 bits per heavy atom. The fourth-order valence-electron chi connectivity index (χ4n) is 1.66. The average molecular weight is 243 g/mol. The Hall–Kier alpha value is -2.25. The SMILES string of the molecule is COC(=O)C1=Cc2cc(C#CCN)ccc2OC1. The van der Waals surface area contributed by atoms with Crippen LogP contribution < -0.4 is 10.5 Å². The van der Waals surface area contributed by atoms with Gasteiger partial charge in [0.05, 0.1) is 19.2 Å². The van der Waals surface area contributed by atoms with E-state index in [0.29, 0.717) is 12.1 Å². The number of esters is 1. The molecule has 2 N–H and O–H groups in total. The van der Waals surface area contributed by atoms with Crippen molar-refractivity contribution in [3.63, 3.8) is 0 Å². The maximum atomic E-state index is 11.4. The predicted octanol–water partition coefficient (Wildman–Crippen LogP) is 0.946. The number of methoxy groups -OCH3 is 1. The third-order valence-electron chi connectivity index (χ3n) is 2.51. The van der Waals surface area contributed by atoms with Gasteiger partial charge in [-0.25, -0.2) is 4.79 Å². The molecule has 1 heterocycles. The number of ether oxygens (including phenoxy) is 2. The molecule has 1 aromatic rings. The third kappa shape index (κ3) is 2.53. The number of nitrogens with two attached hydrogens (primary N) is 1. The molecule has 92 valence electrons. The molecule has 2 rings (SSSR count). The molecule has 0 radical (unpaired) electrons. The van der Waals surface area contributed by atoms with Crippen molar-refractivity contribution < 1.29 is 14.3 Å². The standard InChI is InChI=1S/C14H13NO3/c1-17-14(16)12-8-11-7-10(3-2-6-15)4-5-13(11)18-9-12/h4-5,7-8H,6,9,15H2,1H3. The summed E-state index contributed by atoms with van der Waals surface area (Å²) in [5.74, 6) is 6.08. The smallest absolute Gasteiger partial charge is 0.337 e. The molecule has 0 saturated heterocycles. The molecule has 4 heteroatoms. The third-order valence-corrected chi connectivity index (χ3v) is 2.51. The molecule has 0 fully saturated rings. The van der Waals surface area contributed by atoms with Crippen LogP contribution in [0.15, 0.2) is 23.8 Å². The number of benzene rings is 1. The van der Waals surface area contributed by atoms with Crippen molar-refractivity contribution in [3.8, 4) is 17.6 Å². The second kappa shape index (κ2) is 5.39. The number of hydrogen-bond donors (Lipinski definition) is 1. The molecule has 0 aliphatic carbocycles. The second-order valence-corrected chi connectivity index (χ2v) is 3.71. The molecule has 0 atom stereocenters. The lowest BCUT2D eigenvalue weighted by Crippen LogP contribution is -2.15. The Morgan fingerprint density at radius 3 is 3.11 bits per heavy atom. The van der Waals surface area contributed by atoms with Crippen molar-refractivity contribution in [2.45, 2.75) is 0 Å². The molecule has 1 aliphatic heterocycles. The first-order chi connectivity index (χ1) is 8.74. The van der Waals surface area contributed by atoms with Crippen molar-refractivity contribution in [3.05, 3.63) is 34.9 Å². The van der Waals surface area contributed by atoms with E-state index in [-0.39, 0.29) is 12.6 Å². The maximum absolute atomic E-state index is 11.4. The average Bonchev–Trinajstić information content (AvgIpc) is 2.43. The monoisotopic (exact) mass is 243 g/mol. The van der Waals surface area contributed by atoms with Gasteiger partial charge in [-0.1, -0.05) is 11.8 Å². The van der Waals surface area contributed by atoms with Gasteiger partial charge in [0.25, 0.3) is 0 Å². The van der Waals surface area contributed by atoms with E-state index >= 15 is 0 Å². The summed E-state index contributed by atoms with van der Waals surface area (Å²) in [5.41, 5.74) is 7.48. The summed E-state index contributed by atoms with van der Waals surface area (Å²) in [6.45, 7) is 0.546. The Bertz CT molecular complexity index is 564. The van der Waals surface area contributed by atoms with Crippen molar-refractivity contribution >= 4 is 12.0 Å². The fraction of sp³-hybridized carbons (Fsp3) is 0.214. The predicted molar refractivity (Wildman–Crippen MR) is 67.9 cm³/mol. The molecule has 1 aromatic carbocycles. The lowest BCUT2D eigenvalue weighted by atomic mass is 10.0. The first kappa shape index (κ1) is 12.2. The van der Waals surface area contributed by atoms with Crippen LogP contribution in [0.5, 0.6) is 5.75 Å². The minimum Gasteiger partial charge on any atom is -0.488 e. The highest BCUT2D eigenvalue weighted by Crippen LogP contribution is 2.27. The van der Waals surface area contributed by atoms with Gasteiger partial charge in [0.1, 0.15) is 12.4 Å². The molecule has 0 saturated carbocycles. The van der Waals surface area contributed by atoms with E-state index < -0.39 is 0 Å². The van der Waals surface area contributed by atoms with Crippen LogP contribution in [0, 0.1) is 11.8 Å². The van der Waals surface area contributed by atoms with Crippen molar-refractivity contribution in [1.29, 1.82) is 0 Å². The van der Waals surface area contributed by atoms with Gasteiger partial charge < -0.3 is 15.2 Å². The van der Waals surface area contributed by atoms with Crippen LogP contribution in [0.25, 0.3) is 6.08 Å². The van der Waals surface area contributed by atoms with Crippen LogP contribution in [0.4, 0.5) is 0 Å². The Balaban J connectivity index is 2.35. The molecule has 4 nitrogen and oxygen atoms in total. The van der Waals surface area contributed by atoms with Crippen LogP contribution in [-0.4, -0.2) is 26.2 Å². The number of fused-ring (bicyclic) bond motifs is 1. The van der Waals surface area contributed by atoms with E-state index in [4.69, 9.17) is 10.5 Å². The normalized spacial score (nSPS) is 12.4. The Morgan fingerprint density at radius 1 is 1.56 bits per heavy atom. The zero-order chi connectivity index (χ0) is 13.0. The Kier molecular flexibility index (Phi) is 3.66. The highest BCUT2D eigenvalue weighted by atomic mass is 16.5. The maximum Gasteiger partial charge on any atom is 0.337 e. The van der Waals surface area contributed by atoms with Gasteiger partial charge >= 0.3 is 5.97 Å². The van der Waals surface area contributed by atoms with Crippen LogP contribution >= 0.6 is 0 Å². The number of hydrogen-bond acceptors (Lipinski definition) is 4. The van der Waals surface area contributed by atoms with E-state index in [1.807, 2.05) is 18.2 Å². The number of carbonyl (C=O) groups is 1. The second-order valence-electron chi connectivity index (χ2n) is 3.71. The first-order valence-corrected chi connectivity index (χ1v) is 5.49. The zero-order valence-corrected chi connectivity index (χ0v) is 10.0. The summed E-state index contributed by atoms with van der Waals surface area (Å²) in [7, 11) is 1.35. The fourth-order valence-corrected chi connectivity index (χ4v) is 1.66. The number of carbonyl (C=O) groups excluding carboxylic acids is 1. The highest BCUT2D eigenvalue weighted by Gasteiger charge is 2.17. The summed E-state index contributed by atoms with van der Waals surface area (Å²) in [5, 5.41) is 0. The summed E-state index contributed by atoms with van der Waals surface area (Å²) < 4.78 is 10.1. The lowest BCUT2D eigenvalue weighted by Gasteiger charge is -2.16. The van der Waals surface area contributed by atoms with Gasteiger partial charge in [0.15, 0.2) is 0 Å². The molecule has 0 aromatic heterocycles. The largest absolute Gasteiger partial charge is 0.488 e. The topological polar surface area (TPSA) is 61.5 Å². The van der Waals surface area contributed by atoms with E-state index in [0.717, 1.165) is 16.9 Å². The first-order valence-electron chi connectivity index (χ1n) is 5.49. The molecule has 0 unspecified atom stereocenters. The van der Waals surface area contributed by atoms with Crippen LogP contribution in [0.2, 0.25) is 0 Å². The van der Waals surface area contributed by atoms with E-state index in [1.54, 1.807) is 6.08 Å². The summed E-state index contributed by atoms with van der Waals surface area (Å²) in [6.07, 6.45) is 1.76. The highest BCUT2D eigenvalue weighted by molar-refractivity contribution is 5.95. The van der Waals surface area contributed by atoms with E-state index in [1.165, 1.54) is 7.11 Å². The summed E-state index contributed by atoms with van der Waals surface area (Å²) in [6, 6.07) is 5.55. The molecule has 0 amide bonds.